The van der Waals surface area contributed by atoms with Gasteiger partial charge in [0.15, 0.2) is 0 Å². The molecule has 8 heteroatoms. The number of fused-ring (bicyclic) bond motifs is 1. The van der Waals surface area contributed by atoms with Gasteiger partial charge in [0, 0.05) is 31.9 Å². The Morgan fingerprint density at radius 1 is 1.13 bits per heavy atom. The second kappa shape index (κ2) is 7.96. The largest absolute Gasteiger partial charge is 0.378 e. The molecule has 0 bridgehead atoms. The molecule has 1 aromatic heterocycles. The summed E-state index contributed by atoms with van der Waals surface area (Å²) < 4.78 is 7.11. The number of aromatic nitrogens is 2. The minimum Gasteiger partial charge on any atom is -0.378 e. The number of aryl methyl sites for hydroxylation is 2. The Kier molecular flexibility index (Phi) is 4.99. The highest BCUT2D eigenvalue weighted by atomic mass is 16.5. The molecule has 3 heterocycles. The van der Waals surface area contributed by atoms with Crippen molar-refractivity contribution in [3.63, 3.8) is 0 Å². The Hall–Kier alpha value is -3.52. The van der Waals surface area contributed by atoms with Crippen LogP contribution in [0.4, 0.5) is 22.9 Å². The molecule has 1 fully saturated rings. The van der Waals surface area contributed by atoms with Gasteiger partial charge in [0.25, 0.3) is 5.91 Å². The van der Waals surface area contributed by atoms with Gasteiger partial charge in [-0.3, -0.25) is 9.48 Å². The Bertz CT molecular complexity index is 1100. The lowest BCUT2D eigenvalue weighted by Gasteiger charge is -2.29. The molecule has 1 amide bonds. The minimum absolute atomic E-state index is 0.0957. The highest BCUT2D eigenvalue weighted by molar-refractivity contribution is 6.10. The molecule has 0 saturated carbocycles. The number of hydrogen-bond donors (Lipinski definition) is 3. The van der Waals surface area contributed by atoms with Crippen LogP contribution in [0.1, 0.15) is 27.8 Å². The number of ether oxygens (including phenoxy) is 1. The highest BCUT2D eigenvalue weighted by Gasteiger charge is 2.26. The van der Waals surface area contributed by atoms with Crippen molar-refractivity contribution in [2.24, 2.45) is 7.05 Å². The first-order chi connectivity index (χ1) is 15.1. The maximum absolute atomic E-state index is 13.0. The zero-order chi connectivity index (χ0) is 21.4. The predicted octanol–water partition coefficient (Wildman–Crippen LogP) is 3.35. The molecule has 1 atom stereocenters. The normalized spacial score (nSPS) is 17.6. The van der Waals surface area contributed by atoms with Crippen LogP contribution in [0.15, 0.2) is 48.5 Å². The smallest absolute Gasteiger partial charge is 0.258 e. The molecule has 2 aliphatic rings. The average Bonchev–Trinajstić information content (AvgIpc) is 3.36. The van der Waals surface area contributed by atoms with Crippen LogP contribution in [0.2, 0.25) is 0 Å². The summed E-state index contributed by atoms with van der Waals surface area (Å²) in [5, 5.41) is 14.2. The van der Waals surface area contributed by atoms with E-state index in [2.05, 4.69) is 50.2 Å². The molecule has 0 aliphatic carbocycles. The predicted molar refractivity (Wildman–Crippen MR) is 122 cm³/mol. The van der Waals surface area contributed by atoms with E-state index in [1.807, 2.05) is 38.2 Å². The van der Waals surface area contributed by atoms with Crippen molar-refractivity contribution in [2.75, 3.05) is 47.2 Å². The summed E-state index contributed by atoms with van der Waals surface area (Å²) in [5.74, 6) is 0.499. The van der Waals surface area contributed by atoms with Gasteiger partial charge in [-0.2, -0.15) is 5.10 Å². The molecule has 3 N–H and O–H groups in total. The summed E-state index contributed by atoms with van der Waals surface area (Å²) in [7, 11) is 1.81. The van der Waals surface area contributed by atoms with Crippen molar-refractivity contribution in [1.29, 1.82) is 0 Å². The average molecular weight is 419 g/mol. The second-order valence-corrected chi connectivity index (χ2v) is 7.89. The quantitative estimate of drug-likeness (QED) is 0.603. The Labute approximate surface area is 181 Å². The molecule has 0 spiro atoms. The zero-order valence-electron chi connectivity index (χ0n) is 17.7. The Morgan fingerprint density at radius 2 is 1.90 bits per heavy atom. The van der Waals surface area contributed by atoms with Crippen LogP contribution in [0, 0.1) is 6.92 Å². The summed E-state index contributed by atoms with van der Waals surface area (Å²) >= 11 is 0. The van der Waals surface area contributed by atoms with Crippen LogP contribution < -0.4 is 20.9 Å². The fraction of sp³-hybridized carbons (Fsp3) is 0.304. The fourth-order valence-corrected chi connectivity index (χ4v) is 4.13. The lowest BCUT2D eigenvalue weighted by molar-refractivity contribution is 0.102. The first-order valence-electron chi connectivity index (χ1n) is 10.5. The van der Waals surface area contributed by atoms with Gasteiger partial charge >= 0.3 is 0 Å². The summed E-state index contributed by atoms with van der Waals surface area (Å²) in [6, 6.07) is 16.1. The maximum atomic E-state index is 13.0. The van der Waals surface area contributed by atoms with Crippen LogP contribution >= 0.6 is 0 Å². The molecule has 2 aliphatic heterocycles. The van der Waals surface area contributed by atoms with E-state index in [1.165, 1.54) is 5.69 Å². The van der Waals surface area contributed by atoms with Gasteiger partial charge in [0.2, 0.25) is 0 Å². The number of hydrogen-bond acceptors (Lipinski definition) is 6. The lowest BCUT2D eigenvalue weighted by atomic mass is 10.1. The van der Waals surface area contributed by atoms with Crippen molar-refractivity contribution in [3.8, 4) is 0 Å². The second-order valence-electron chi connectivity index (χ2n) is 7.89. The van der Waals surface area contributed by atoms with E-state index in [0.29, 0.717) is 11.4 Å². The molecule has 31 heavy (non-hydrogen) atoms. The van der Waals surface area contributed by atoms with E-state index in [4.69, 9.17) is 4.74 Å². The number of nitrogens with one attached hydrogen (secondary N) is 3. The number of carbonyl (C=O) groups is 1. The molecule has 1 unspecified atom stereocenters. The lowest BCUT2D eigenvalue weighted by Crippen LogP contribution is -2.36. The zero-order valence-corrected chi connectivity index (χ0v) is 17.7. The summed E-state index contributed by atoms with van der Waals surface area (Å²) in [6.07, 6.45) is -0.0957. The van der Waals surface area contributed by atoms with Crippen LogP contribution in [-0.4, -0.2) is 42.0 Å². The molecule has 5 rings (SSSR count). The number of para-hydroxylation sites is 1. The van der Waals surface area contributed by atoms with E-state index in [9.17, 15) is 4.79 Å². The number of carbonyl (C=O) groups excluding carboxylic acids is 1. The Balaban J connectivity index is 1.33. The maximum Gasteiger partial charge on any atom is 0.258 e. The van der Waals surface area contributed by atoms with Crippen molar-refractivity contribution in [2.45, 2.75) is 13.1 Å². The van der Waals surface area contributed by atoms with E-state index in [0.717, 1.165) is 48.9 Å². The first kappa shape index (κ1) is 19.4. The third-order valence-electron chi connectivity index (χ3n) is 5.74. The van der Waals surface area contributed by atoms with Crippen LogP contribution in [0.5, 0.6) is 0 Å². The molecule has 1 saturated heterocycles. The third-order valence-corrected chi connectivity index (χ3v) is 5.74. The fourth-order valence-electron chi connectivity index (χ4n) is 4.13. The van der Waals surface area contributed by atoms with Gasteiger partial charge in [-0.1, -0.05) is 18.2 Å². The molecule has 3 aromatic rings. The minimum atomic E-state index is -0.169. The first-order valence-corrected chi connectivity index (χ1v) is 10.5. The van der Waals surface area contributed by atoms with Crippen molar-refractivity contribution in [3.05, 3.63) is 65.4 Å². The van der Waals surface area contributed by atoms with Crippen molar-refractivity contribution >= 4 is 28.8 Å². The number of amides is 1. The standard InChI is InChI=1S/C23H26N6O2/c1-15-14-20(28(2)27-15)25-23(30)18-4-3-5-19-21(18)26-22(24-19)16-6-8-17(9-7-16)29-10-12-31-13-11-29/h3-9,14,22,24,26H,10-13H2,1-2H3,(H,25,30). The Morgan fingerprint density at radius 3 is 2.61 bits per heavy atom. The molecule has 160 valence electrons. The summed E-state index contributed by atoms with van der Waals surface area (Å²) in [5.41, 5.74) is 5.49. The van der Waals surface area contributed by atoms with Gasteiger partial charge in [0.1, 0.15) is 12.0 Å². The van der Waals surface area contributed by atoms with Crippen molar-refractivity contribution < 1.29 is 9.53 Å². The van der Waals surface area contributed by atoms with E-state index >= 15 is 0 Å². The third kappa shape index (κ3) is 3.82. The molecule has 0 radical (unpaired) electrons. The van der Waals surface area contributed by atoms with Gasteiger partial charge in [0.05, 0.1) is 35.8 Å². The SMILES string of the molecule is Cc1cc(NC(=O)c2cccc3c2NC(c2ccc(N4CCOCC4)cc2)N3)n(C)n1. The van der Waals surface area contributed by atoms with Crippen LogP contribution in [-0.2, 0) is 11.8 Å². The summed E-state index contributed by atoms with van der Waals surface area (Å²) in [4.78, 5) is 15.3. The molecular formula is C23H26N6O2. The molecular weight excluding hydrogens is 392 g/mol. The van der Waals surface area contributed by atoms with E-state index in [-0.39, 0.29) is 12.1 Å². The van der Waals surface area contributed by atoms with Gasteiger partial charge in [-0.05, 0) is 36.8 Å². The van der Waals surface area contributed by atoms with E-state index < -0.39 is 0 Å². The summed E-state index contributed by atoms with van der Waals surface area (Å²) in [6.45, 7) is 5.27. The van der Waals surface area contributed by atoms with Gasteiger partial charge in [-0.25, -0.2) is 0 Å². The van der Waals surface area contributed by atoms with E-state index in [1.54, 1.807) is 4.68 Å². The number of morpholine rings is 1. The van der Waals surface area contributed by atoms with Crippen molar-refractivity contribution in [1.82, 2.24) is 9.78 Å². The molecule has 2 aromatic carbocycles. The number of rotatable bonds is 4. The topological polar surface area (TPSA) is 83.5 Å². The number of nitrogens with zero attached hydrogens (tertiary/aromatic N) is 3. The van der Waals surface area contributed by atoms with Gasteiger partial charge in [-0.15, -0.1) is 0 Å². The van der Waals surface area contributed by atoms with Gasteiger partial charge < -0.3 is 25.6 Å². The molecule has 8 nitrogen and oxygen atoms in total. The highest BCUT2D eigenvalue weighted by Crippen LogP contribution is 2.38. The number of benzene rings is 2. The van der Waals surface area contributed by atoms with Crippen LogP contribution in [0.3, 0.4) is 0 Å². The van der Waals surface area contributed by atoms with Crippen LogP contribution in [0.25, 0.3) is 0 Å². The monoisotopic (exact) mass is 418 g/mol. The number of anilines is 4.